The number of nitrogens with two attached hydrogens (primary N) is 1. The van der Waals surface area contributed by atoms with Crippen LogP contribution >= 0.6 is 46.2 Å². The van der Waals surface area contributed by atoms with Crippen molar-refractivity contribution in [2.24, 2.45) is 10.9 Å². The van der Waals surface area contributed by atoms with Gasteiger partial charge < -0.3 is 29.7 Å². The standard InChI is InChI=1S/C55H52N8O9S4/c1-53(2,3)71-49(67)54(4,5)72-61-42(40-32-74-51(57-40)60-55(35-16-10-7-11-17-35,36-18-12-8-13-19-36)37-20-14-9-15-21-37)45(64)59-43-46(65)63-44(48(66)70-29-33-22-24-38(69-6)25-23-33)34(30-73-47(43)63)31-75-52-58-39-28-62(50(56)68)27-26-41(39)76-52/h7-28,32,43,47H,29-31H2,1-6H3,(H3-,56,57,59,60,64,68)/p+1/b61-42-/t43?,47-/m0/s1. The van der Waals surface area contributed by atoms with Gasteiger partial charge in [-0.2, -0.15) is 9.36 Å². The minimum atomic E-state index is -1.67. The highest BCUT2D eigenvalue weighted by molar-refractivity contribution is 8.02. The van der Waals surface area contributed by atoms with E-state index < -0.39 is 57.9 Å². The molecule has 1 saturated heterocycles. The number of hydrogen-bond acceptors (Lipinski definition) is 17. The summed E-state index contributed by atoms with van der Waals surface area (Å²) < 4.78 is 19.5. The number of carbonyl (C=O) groups excluding carboxylic acids is 5. The van der Waals surface area contributed by atoms with Crippen molar-refractivity contribution in [3.05, 3.63) is 178 Å². The first-order valence-electron chi connectivity index (χ1n) is 23.9. The number of fused-ring (bicyclic) bond motifs is 2. The highest BCUT2D eigenvalue weighted by atomic mass is 32.2. The molecule has 0 bridgehead atoms. The zero-order valence-corrected chi connectivity index (χ0v) is 45.4. The fraction of sp³-hybridized carbons (Fsp3) is 0.255. The van der Waals surface area contributed by atoms with Crippen molar-refractivity contribution in [3.8, 4) is 5.75 Å². The molecule has 1 fully saturated rings. The Hall–Kier alpha value is -7.59. The van der Waals surface area contributed by atoms with Gasteiger partial charge in [0.1, 0.15) is 64.2 Å². The predicted molar refractivity (Wildman–Crippen MR) is 293 cm³/mol. The molecule has 390 valence electrons. The van der Waals surface area contributed by atoms with Crippen molar-refractivity contribution >= 4 is 97.0 Å². The number of amides is 3. The molecule has 4 N–H and O–H groups in total. The van der Waals surface area contributed by atoms with Gasteiger partial charge in [0.05, 0.1) is 11.8 Å². The largest absolute Gasteiger partial charge is 0.497 e. The average molecular weight is 1100 g/mol. The van der Waals surface area contributed by atoms with Crippen molar-refractivity contribution < 1.29 is 47.6 Å². The molecule has 2 atom stereocenters. The molecule has 2 aliphatic heterocycles. The first kappa shape index (κ1) is 53.2. The van der Waals surface area contributed by atoms with Crippen LogP contribution in [0, 0.1) is 0 Å². The van der Waals surface area contributed by atoms with Crippen LogP contribution in [-0.2, 0) is 45.6 Å². The molecule has 0 aliphatic carbocycles. The van der Waals surface area contributed by atoms with Crippen LogP contribution in [0.4, 0.5) is 9.93 Å². The van der Waals surface area contributed by atoms with Crippen LogP contribution in [0.15, 0.2) is 160 Å². The number of nitrogens with zero attached hydrogens (tertiary/aromatic N) is 5. The summed E-state index contributed by atoms with van der Waals surface area (Å²) in [5.74, 6) is -1.62. The van der Waals surface area contributed by atoms with Gasteiger partial charge in [0, 0.05) is 16.9 Å². The number of methoxy groups -OCH3 is 1. The average Bonchev–Trinajstić information content (AvgIpc) is 4.11. The van der Waals surface area contributed by atoms with Crippen LogP contribution in [0.3, 0.4) is 0 Å². The van der Waals surface area contributed by atoms with Gasteiger partial charge in [0.25, 0.3) is 11.8 Å². The Morgan fingerprint density at radius 2 is 1.50 bits per heavy atom. The van der Waals surface area contributed by atoms with Gasteiger partial charge in [-0.3, -0.25) is 20.2 Å². The molecule has 21 heteroatoms. The summed E-state index contributed by atoms with van der Waals surface area (Å²) in [6.07, 6.45) is 3.11. The van der Waals surface area contributed by atoms with Crippen LogP contribution in [0.5, 0.6) is 5.75 Å². The topological polar surface area (TPSA) is 218 Å². The van der Waals surface area contributed by atoms with E-state index in [9.17, 15) is 24.0 Å². The lowest BCUT2D eigenvalue weighted by atomic mass is 9.77. The number of thioether (sulfide) groups is 2. The molecule has 1 unspecified atom stereocenters. The Morgan fingerprint density at radius 1 is 0.868 bits per heavy atom. The third-order valence-electron chi connectivity index (χ3n) is 12.1. The number of nitrogens with one attached hydrogen (secondary N) is 2. The minimum Gasteiger partial charge on any atom is -0.497 e. The van der Waals surface area contributed by atoms with Crippen LogP contribution in [-0.4, -0.2) is 91.6 Å². The van der Waals surface area contributed by atoms with Crippen molar-refractivity contribution in [2.45, 2.75) is 73.7 Å². The SMILES string of the molecule is COc1ccc(COC(=O)C2=C(CSc3nc4c[n+](C(N)=O)ccc4s3)CS[C@H]3C(NC(=O)/C(=N\OC(C)(C)C(=O)OC(C)(C)C)c4csc(NC(c5ccccc5)(c5ccccc5)c5ccccc5)n4)C(=O)N23)cc1. The summed E-state index contributed by atoms with van der Waals surface area (Å²) >= 11 is 5.37. The number of carbonyl (C=O) groups is 5. The first-order valence-corrected chi connectivity index (χ1v) is 27.6. The van der Waals surface area contributed by atoms with E-state index in [-0.39, 0.29) is 29.5 Å². The van der Waals surface area contributed by atoms with Gasteiger partial charge in [0.2, 0.25) is 5.60 Å². The maximum absolute atomic E-state index is 14.8. The summed E-state index contributed by atoms with van der Waals surface area (Å²) in [4.78, 5) is 85.7. The summed E-state index contributed by atoms with van der Waals surface area (Å²) in [5.41, 5.74) is 6.50. The van der Waals surface area contributed by atoms with Crippen molar-refractivity contribution in [1.29, 1.82) is 0 Å². The molecule has 17 nitrogen and oxygen atoms in total. The Bertz CT molecular complexity index is 3270. The lowest BCUT2D eigenvalue weighted by Gasteiger charge is -2.49. The molecule has 76 heavy (non-hydrogen) atoms. The number of thiazole rings is 2. The summed E-state index contributed by atoms with van der Waals surface area (Å²) in [5, 5.41) is 12.2. The number of β-lactam (4-membered cyclic amide) rings is 1. The molecule has 7 aromatic rings. The van der Waals surface area contributed by atoms with Crippen LogP contribution in [0.25, 0.3) is 10.2 Å². The molecule has 0 saturated carbocycles. The van der Waals surface area contributed by atoms with Gasteiger partial charge in [0.15, 0.2) is 15.2 Å². The summed E-state index contributed by atoms with van der Waals surface area (Å²) in [7, 11) is 1.56. The Balaban J connectivity index is 1.02. The van der Waals surface area contributed by atoms with E-state index in [1.165, 1.54) is 69.5 Å². The molecule has 9 rings (SSSR count). The molecule has 3 aromatic heterocycles. The number of aromatic nitrogens is 3. The van der Waals surface area contributed by atoms with Gasteiger partial charge in [-0.1, -0.05) is 120 Å². The van der Waals surface area contributed by atoms with Gasteiger partial charge >= 0.3 is 18.0 Å². The molecule has 4 aromatic carbocycles. The van der Waals surface area contributed by atoms with Crippen molar-refractivity contribution in [2.75, 3.05) is 23.9 Å². The lowest BCUT2D eigenvalue weighted by Crippen LogP contribution is -2.71. The van der Waals surface area contributed by atoms with Crippen molar-refractivity contribution in [3.63, 3.8) is 0 Å². The lowest BCUT2D eigenvalue weighted by molar-refractivity contribution is -0.568. The molecule has 0 radical (unpaired) electrons. The molecule has 5 heterocycles. The summed E-state index contributed by atoms with van der Waals surface area (Å²) in [6, 6.07) is 36.9. The zero-order valence-electron chi connectivity index (χ0n) is 42.2. The number of rotatable bonds is 18. The third-order valence-corrected chi connectivity index (χ3v) is 16.5. The van der Waals surface area contributed by atoms with E-state index in [2.05, 4.69) is 20.8 Å². The number of ether oxygens (including phenoxy) is 3. The second kappa shape index (κ2) is 22.3. The smallest absolute Gasteiger partial charge is 0.493 e. The number of primary amides is 1. The Labute approximate surface area is 454 Å². The predicted octanol–water partition coefficient (Wildman–Crippen LogP) is 8.41. The van der Waals surface area contributed by atoms with Crippen LogP contribution < -0.4 is 25.7 Å². The molecule has 3 amide bonds. The highest BCUT2D eigenvalue weighted by Gasteiger charge is 2.55. The fourth-order valence-corrected chi connectivity index (χ4v) is 12.6. The Morgan fingerprint density at radius 3 is 2.09 bits per heavy atom. The van der Waals surface area contributed by atoms with Gasteiger partial charge in [-0.05, 0) is 80.6 Å². The Kier molecular flexibility index (Phi) is 15.6. The molecule has 0 spiro atoms. The monoisotopic (exact) mass is 1100 g/mol. The number of benzene rings is 4. The molecular weight excluding hydrogens is 1040 g/mol. The normalized spacial score (nSPS) is 15.8. The minimum absolute atomic E-state index is 0.0678. The van der Waals surface area contributed by atoms with Gasteiger partial charge in [-0.25, -0.2) is 19.6 Å². The number of hydrogen-bond donors (Lipinski definition) is 3. The van der Waals surface area contributed by atoms with Crippen LogP contribution in [0.1, 0.15) is 62.6 Å². The molecule has 2 aliphatic rings. The van der Waals surface area contributed by atoms with Crippen molar-refractivity contribution in [1.82, 2.24) is 20.2 Å². The van der Waals surface area contributed by atoms with E-state index in [4.69, 9.17) is 29.8 Å². The summed E-state index contributed by atoms with van der Waals surface area (Å²) in [6.45, 7) is 8.04. The number of pyridine rings is 1. The number of oxime groups is 1. The third kappa shape index (κ3) is 11.5. The maximum atomic E-state index is 14.8. The number of esters is 2. The van der Waals surface area contributed by atoms with E-state index in [0.717, 1.165) is 21.4 Å². The number of anilines is 1. The van der Waals surface area contributed by atoms with Gasteiger partial charge in [-0.15, -0.1) is 34.4 Å². The molecular formula is C55H53N8O9S4+. The van der Waals surface area contributed by atoms with E-state index in [0.29, 0.717) is 37.6 Å². The highest BCUT2D eigenvalue weighted by Crippen LogP contribution is 2.44. The van der Waals surface area contributed by atoms with Crippen LogP contribution in [0.2, 0.25) is 0 Å². The van der Waals surface area contributed by atoms with E-state index in [1.807, 2.05) is 91.0 Å². The zero-order chi connectivity index (χ0) is 53.8. The maximum Gasteiger partial charge on any atom is 0.493 e. The quantitative estimate of drug-likeness (QED) is 0.0140. The van der Waals surface area contributed by atoms with E-state index in [1.54, 1.807) is 76.0 Å². The van der Waals surface area contributed by atoms with E-state index >= 15 is 0 Å². The first-order chi connectivity index (χ1) is 36.4. The second-order valence-corrected chi connectivity index (χ2v) is 23.2. The fourth-order valence-electron chi connectivity index (χ4n) is 8.32. The second-order valence-electron chi connectivity index (χ2n) is 19.0.